The molecule has 0 spiro atoms. The van der Waals surface area contributed by atoms with Crippen LogP contribution in [-0.2, 0) is 6.18 Å². The molecule has 0 radical (unpaired) electrons. The van der Waals surface area contributed by atoms with E-state index in [1.165, 1.54) is 37.5 Å². The molecule has 2 aromatic carbocycles. The largest absolute Gasteiger partial charge is 0.489 e. The van der Waals surface area contributed by atoms with Crippen LogP contribution in [0.15, 0.2) is 68.6 Å². The molecule has 2 rings (SSSR count). The van der Waals surface area contributed by atoms with E-state index in [9.17, 15) is 22.4 Å². The summed E-state index contributed by atoms with van der Waals surface area (Å²) in [7, 11) is 2.99. The van der Waals surface area contributed by atoms with Gasteiger partial charge < -0.3 is 10.5 Å². The SMILES string of the molecule is CN=C/C(C(C)=NC(=NC)c1cc(C(N)=O)ccc1F)=C(\C)COc1ccc(C(F)(F)F)cc1. The minimum absolute atomic E-state index is 0.00425. The van der Waals surface area contributed by atoms with Gasteiger partial charge in [-0.15, -0.1) is 0 Å². The van der Waals surface area contributed by atoms with E-state index in [1.807, 2.05) is 0 Å². The zero-order chi connectivity index (χ0) is 25.5. The monoisotopic (exact) mass is 476 g/mol. The van der Waals surface area contributed by atoms with Gasteiger partial charge in [0.15, 0.2) is 5.84 Å². The molecule has 0 aliphatic heterocycles. The highest BCUT2D eigenvalue weighted by molar-refractivity contribution is 6.20. The van der Waals surface area contributed by atoms with Gasteiger partial charge in [0.1, 0.15) is 18.2 Å². The Labute approximate surface area is 194 Å². The van der Waals surface area contributed by atoms with E-state index in [-0.39, 0.29) is 29.3 Å². The van der Waals surface area contributed by atoms with Gasteiger partial charge in [0, 0.05) is 37.2 Å². The first-order valence-electron chi connectivity index (χ1n) is 10.0. The maximum atomic E-state index is 14.4. The molecule has 0 bridgehead atoms. The second kappa shape index (κ2) is 11.4. The molecule has 0 heterocycles. The number of rotatable bonds is 7. The molecule has 0 fully saturated rings. The Morgan fingerprint density at radius 2 is 1.74 bits per heavy atom. The van der Waals surface area contributed by atoms with Gasteiger partial charge in [0.25, 0.3) is 0 Å². The Balaban J connectivity index is 2.33. The van der Waals surface area contributed by atoms with Crippen LogP contribution in [0.5, 0.6) is 5.75 Å². The Morgan fingerprint density at radius 1 is 1.09 bits per heavy atom. The van der Waals surface area contributed by atoms with Gasteiger partial charge in [-0.2, -0.15) is 13.2 Å². The topological polar surface area (TPSA) is 89.4 Å². The first-order valence-corrected chi connectivity index (χ1v) is 10.0. The van der Waals surface area contributed by atoms with Gasteiger partial charge in [-0.1, -0.05) is 0 Å². The average molecular weight is 476 g/mol. The second-order valence-electron chi connectivity index (χ2n) is 7.20. The zero-order valence-electron chi connectivity index (χ0n) is 19.1. The summed E-state index contributed by atoms with van der Waals surface area (Å²) in [4.78, 5) is 23.9. The fraction of sp³-hybridized carbons (Fsp3) is 0.250. The van der Waals surface area contributed by atoms with Crippen molar-refractivity contribution in [3.63, 3.8) is 0 Å². The third-order valence-electron chi connectivity index (χ3n) is 4.72. The number of carbonyl (C=O) groups excluding carboxylic acids is 1. The number of nitrogens with zero attached hydrogens (tertiary/aromatic N) is 3. The highest BCUT2D eigenvalue weighted by Gasteiger charge is 2.30. The predicted molar refractivity (Wildman–Crippen MR) is 125 cm³/mol. The van der Waals surface area contributed by atoms with Crippen molar-refractivity contribution in [3.05, 3.63) is 76.1 Å². The molecule has 0 aliphatic carbocycles. The molecular formula is C24H24F4N4O2. The summed E-state index contributed by atoms with van der Waals surface area (Å²) in [5, 5.41) is 0. The van der Waals surface area contributed by atoms with E-state index in [2.05, 4.69) is 15.0 Å². The number of carbonyl (C=O) groups is 1. The van der Waals surface area contributed by atoms with Crippen LogP contribution in [0.25, 0.3) is 0 Å². The van der Waals surface area contributed by atoms with Crippen molar-refractivity contribution in [1.82, 2.24) is 0 Å². The lowest BCUT2D eigenvalue weighted by atomic mass is 10.1. The Hall–Kier alpha value is -3.82. The lowest BCUT2D eigenvalue weighted by Crippen LogP contribution is -2.14. The van der Waals surface area contributed by atoms with Crippen molar-refractivity contribution in [3.8, 4) is 5.75 Å². The number of aliphatic imine (C=N–C) groups is 3. The highest BCUT2D eigenvalue weighted by atomic mass is 19.4. The first kappa shape index (κ1) is 26.4. The molecular weight excluding hydrogens is 452 g/mol. The van der Waals surface area contributed by atoms with Gasteiger partial charge in [-0.05, 0) is 61.9 Å². The van der Waals surface area contributed by atoms with Crippen LogP contribution in [0.1, 0.15) is 35.3 Å². The molecule has 6 nitrogen and oxygen atoms in total. The number of alkyl halides is 3. The smallest absolute Gasteiger partial charge is 0.416 e. The summed E-state index contributed by atoms with van der Waals surface area (Å²) in [6, 6.07) is 8.00. The lowest BCUT2D eigenvalue weighted by Gasteiger charge is -2.12. The van der Waals surface area contributed by atoms with E-state index in [0.717, 1.165) is 18.2 Å². The highest BCUT2D eigenvalue weighted by Crippen LogP contribution is 2.30. The molecule has 0 aromatic heterocycles. The van der Waals surface area contributed by atoms with Crippen molar-refractivity contribution < 1.29 is 27.1 Å². The summed E-state index contributed by atoms with van der Waals surface area (Å²) in [5.41, 5.74) is 6.30. The number of amidine groups is 1. The normalized spacial score (nSPS) is 13.8. The average Bonchev–Trinajstić information content (AvgIpc) is 2.79. The number of benzene rings is 2. The lowest BCUT2D eigenvalue weighted by molar-refractivity contribution is -0.137. The Morgan fingerprint density at radius 3 is 2.26 bits per heavy atom. The van der Waals surface area contributed by atoms with Crippen LogP contribution >= 0.6 is 0 Å². The minimum Gasteiger partial charge on any atom is -0.489 e. The molecule has 2 aromatic rings. The van der Waals surface area contributed by atoms with E-state index in [1.54, 1.807) is 20.9 Å². The molecule has 0 atom stereocenters. The fourth-order valence-corrected chi connectivity index (χ4v) is 2.95. The van der Waals surface area contributed by atoms with E-state index in [4.69, 9.17) is 10.5 Å². The number of amides is 1. The van der Waals surface area contributed by atoms with Gasteiger partial charge in [-0.25, -0.2) is 9.38 Å². The molecule has 0 saturated carbocycles. The number of ether oxygens (including phenoxy) is 1. The van der Waals surface area contributed by atoms with Crippen molar-refractivity contribution in [2.75, 3.05) is 20.7 Å². The van der Waals surface area contributed by atoms with E-state index < -0.39 is 23.5 Å². The molecule has 34 heavy (non-hydrogen) atoms. The van der Waals surface area contributed by atoms with Gasteiger partial charge in [0.05, 0.1) is 11.1 Å². The summed E-state index contributed by atoms with van der Waals surface area (Å²) < 4.78 is 58.2. The van der Waals surface area contributed by atoms with Gasteiger partial charge in [0.2, 0.25) is 5.91 Å². The first-order chi connectivity index (χ1) is 16.0. The van der Waals surface area contributed by atoms with Crippen molar-refractivity contribution in [2.24, 2.45) is 20.7 Å². The number of hydrogen-bond acceptors (Lipinski definition) is 4. The van der Waals surface area contributed by atoms with Crippen molar-refractivity contribution >= 4 is 23.7 Å². The third kappa shape index (κ3) is 6.84. The molecule has 0 saturated heterocycles. The molecule has 0 unspecified atom stereocenters. The number of halogens is 4. The Kier molecular flexibility index (Phi) is 8.83. The third-order valence-corrected chi connectivity index (χ3v) is 4.72. The van der Waals surface area contributed by atoms with Crippen LogP contribution < -0.4 is 10.5 Å². The second-order valence-corrected chi connectivity index (χ2v) is 7.20. The summed E-state index contributed by atoms with van der Waals surface area (Å²) >= 11 is 0. The number of allylic oxidation sites excluding steroid dienone is 1. The number of hydrogen-bond donors (Lipinski definition) is 1. The van der Waals surface area contributed by atoms with Crippen LogP contribution in [0.4, 0.5) is 17.6 Å². The summed E-state index contributed by atoms with van der Waals surface area (Å²) in [5.74, 6) is -1.04. The quantitative estimate of drug-likeness (QED) is 0.351. The molecule has 2 N–H and O–H groups in total. The van der Waals surface area contributed by atoms with E-state index >= 15 is 0 Å². The maximum Gasteiger partial charge on any atom is 0.416 e. The minimum atomic E-state index is -4.43. The zero-order valence-corrected chi connectivity index (χ0v) is 19.1. The standard InChI is InChI=1S/C24H24F4N4O2/c1-14(13-34-18-8-6-17(7-9-18)24(26,27)28)20(12-30-3)15(2)32-23(31-4)19-11-16(22(29)33)5-10-21(19)25/h5-12H,13H2,1-4H3,(H2,29,33)/b20-14-,30-12?,31-23?,32-15?. The van der Waals surface area contributed by atoms with Gasteiger partial charge in [-0.3, -0.25) is 14.8 Å². The van der Waals surface area contributed by atoms with Crippen molar-refractivity contribution in [2.45, 2.75) is 20.0 Å². The van der Waals surface area contributed by atoms with Crippen LogP contribution in [-0.4, -0.2) is 44.4 Å². The maximum absolute atomic E-state index is 14.4. The summed E-state index contributed by atoms with van der Waals surface area (Å²) in [6.07, 6.45) is -2.89. The van der Waals surface area contributed by atoms with E-state index in [0.29, 0.717) is 16.9 Å². The van der Waals surface area contributed by atoms with Crippen LogP contribution in [0.2, 0.25) is 0 Å². The number of nitrogens with two attached hydrogens (primary N) is 1. The molecule has 180 valence electrons. The molecule has 0 aliphatic rings. The molecule has 1 amide bonds. The van der Waals surface area contributed by atoms with Gasteiger partial charge >= 0.3 is 6.18 Å². The number of primary amides is 1. The van der Waals surface area contributed by atoms with Crippen LogP contribution in [0.3, 0.4) is 0 Å². The van der Waals surface area contributed by atoms with Crippen molar-refractivity contribution in [1.29, 1.82) is 0 Å². The predicted octanol–water partition coefficient (Wildman–Crippen LogP) is 4.88. The summed E-state index contributed by atoms with van der Waals surface area (Å²) in [6.45, 7) is 3.46. The fourth-order valence-electron chi connectivity index (χ4n) is 2.95. The van der Waals surface area contributed by atoms with Crippen LogP contribution in [0, 0.1) is 5.82 Å². The molecule has 10 heteroatoms. The Bertz CT molecular complexity index is 1160.